The zero-order chi connectivity index (χ0) is 12.1. The molecule has 0 aromatic carbocycles. The Morgan fingerprint density at radius 2 is 2.41 bits per heavy atom. The van der Waals surface area contributed by atoms with E-state index in [1.54, 1.807) is 18.6 Å². The van der Waals surface area contributed by atoms with Crippen LogP contribution in [0.3, 0.4) is 0 Å². The molecule has 0 spiro atoms. The van der Waals surface area contributed by atoms with Gasteiger partial charge in [-0.1, -0.05) is 11.6 Å². The molecular formula is C13H17N3O. The van der Waals surface area contributed by atoms with E-state index in [0.717, 1.165) is 5.56 Å². The zero-order valence-corrected chi connectivity index (χ0v) is 9.94. The van der Waals surface area contributed by atoms with Gasteiger partial charge >= 0.3 is 6.03 Å². The SMILES string of the molecule is C/C(=C\NC(=O)NCc1cccnc1)C1CC1. The summed E-state index contributed by atoms with van der Waals surface area (Å²) in [5, 5.41) is 5.52. The summed E-state index contributed by atoms with van der Waals surface area (Å²) in [4.78, 5) is 15.5. The number of pyridine rings is 1. The van der Waals surface area contributed by atoms with Gasteiger partial charge in [-0.2, -0.15) is 0 Å². The lowest BCUT2D eigenvalue weighted by Crippen LogP contribution is -2.31. The molecule has 1 aliphatic carbocycles. The maximum atomic E-state index is 11.5. The van der Waals surface area contributed by atoms with Crippen molar-refractivity contribution in [3.05, 3.63) is 41.9 Å². The molecule has 0 aliphatic heterocycles. The van der Waals surface area contributed by atoms with E-state index in [4.69, 9.17) is 0 Å². The first-order valence-corrected chi connectivity index (χ1v) is 5.85. The van der Waals surface area contributed by atoms with Gasteiger partial charge in [0, 0.05) is 25.1 Å². The molecule has 1 saturated carbocycles. The molecule has 1 aliphatic rings. The Bertz CT molecular complexity index is 410. The number of carbonyl (C=O) groups is 1. The Balaban J connectivity index is 1.72. The molecule has 1 heterocycles. The quantitative estimate of drug-likeness (QED) is 0.834. The summed E-state index contributed by atoms with van der Waals surface area (Å²) in [6, 6.07) is 3.61. The van der Waals surface area contributed by atoms with Gasteiger partial charge in [-0.3, -0.25) is 4.98 Å². The van der Waals surface area contributed by atoms with Crippen molar-refractivity contribution in [1.29, 1.82) is 0 Å². The minimum Gasteiger partial charge on any atom is -0.334 e. The number of amides is 2. The van der Waals surface area contributed by atoms with Gasteiger partial charge < -0.3 is 10.6 Å². The van der Waals surface area contributed by atoms with Crippen LogP contribution in [0, 0.1) is 5.92 Å². The van der Waals surface area contributed by atoms with Gasteiger partial charge in [0.2, 0.25) is 0 Å². The number of nitrogens with zero attached hydrogens (tertiary/aromatic N) is 1. The Kier molecular flexibility index (Phi) is 3.75. The van der Waals surface area contributed by atoms with Crippen LogP contribution >= 0.6 is 0 Å². The van der Waals surface area contributed by atoms with Gasteiger partial charge in [-0.15, -0.1) is 0 Å². The Morgan fingerprint density at radius 1 is 1.59 bits per heavy atom. The highest BCUT2D eigenvalue weighted by molar-refractivity contribution is 5.74. The number of rotatable bonds is 4. The summed E-state index contributed by atoms with van der Waals surface area (Å²) in [6.07, 6.45) is 7.76. The smallest absolute Gasteiger partial charge is 0.319 e. The van der Waals surface area contributed by atoms with E-state index < -0.39 is 0 Å². The topological polar surface area (TPSA) is 54.0 Å². The molecule has 0 unspecified atom stereocenters. The van der Waals surface area contributed by atoms with Gasteiger partial charge in [0.1, 0.15) is 0 Å². The highest BCUT2D eigenvalue weighted by atomic mass is 16.2. The molecule has 0 radical (unpaired) electrons. The third-order valence-electron chi connectivity index (χ3n) is 2.83. The van der Waals surface area contributed by atoms with Crippen molar-refractivity contribution in [1.82, 2.24) is 15.6 Å². The number of hydrogen-bond donors (Lipinski definition) is 2. The summed E-state index contributed by atoms with van der Waals surface area (Å²) in [5.74, 6) is 0.689. The van der Waals surface area contributed by atoms with Crippen LogP contribution in [0.15, 0.2) is 36.3 Å². The Morgan fingerprint density at radius 3 is 3.06 bits per heavy atom. The molecule has 90 valence electrons. The van der Waals surface area contributed by atoms with Crippen molar-refractivity contribution < 1.29 is 4.79 Å². The first-order valence-electron chi connectivity index (χ1n) is 5.85. The van der Waals surface area contributed by atoms with Gasteiger partial charge in [-0.25, -0.2) is 4.79 Å². The zero-order valence-electron chi connectivity index (χ0n) is 9.94. The molecule has 1 aromatic rings. The van der Waals surface area contributed by atoms with Gasteiger partial charge in [0.05, 0.1) is 0 Å². The highest BCUT2D eigenvalue weighted by Gasteiger charge is 2.22. The van der Waals surface area contributed by atoms with Crippen molar-refractivity contribution in [3.8, 4) is 0 Å². The third-order valence-corrected chi connectivity index (χ3v) is 2.83. The first-order chi connectivity index (χ1) is 8.25. The average Bonchev–Trinajstić information content (AvgIpc) is 3.19. The standard InChI is InChI=1S/C13H17N3O/c1-10(12-4-5-12)7-15-13(17)16-9-11-3-2-6-14-8-11/h2-3,6-8,12H,4-5,9H2,1H3,(H2,15,16,17)/b10-7+. The van der Waals surface area contributed by atoms with E-state index in [1.807, 2.05) is 12.1 Å². The van der Waals surface area contributed by atoms with Gasteiger partial charge in [0.25, 0.3) is 0 Å². The van der Waals surface area contributed by atoms with Crippen LogP contribution in [-0.2, 0) is 6.54 Å². The molecule has 2 rings (SSSR count). The molecule has 0 saturated heterocycles. The summed E-state index contributed by atoms with van der Waals surface area (Å²) in [7, 11) is 0. The molecule has 1 fully saturated rings. The van der Waals surface area contributed by atoms with E-state index in [1.165, 1.54) is 18.4 Å². The lowest BCUT2D eigenvalue weighted by atomic mass is 10.2. The van der Waals surface area contributed by atoms with E-state index in [9.17, 15) is 4.79 Å². The third kappa shape index (κ3) is 3.90. The second kappa shape index (κ2) is 5.48. The van der Waals surface area contributed by atoms with Gasteiger partial charge in [0.15, 0.2) is 0 Å². The van der Waals surface area contributed by atoms with Crippen LogP contribution < -0.4 is 10.6 Å². The number of nitrogens with one attached hydrogen (secondary N) is 2. The fourth-order valence-corrected chi connectivity index (χ4v) is 1.57. The maximum absolute atomic E-state index is 11.5. The van der Waals surface area contributed by atoms with Crippen LogP contribution in [0.25, 0.3) is 0 Å². The Hall–Kier alpha value is -1.84. The monoisotopic (exact) mass is 231 g/mol. The minimum absolute atomic E-state index is 0.172. The van der Waals surface area contributed by atoms with E-state index in [0.29, 0.717) is 12.5 Å². The maximum Gasteiger partial charge on any atom is 0.319 e. The van der Waals surface area contributed by atoms with E-state index in [2.05, 4.69) is 22.5 Å². The molecule has 0 bridgehead atoms. The molecule has 2 amide bonds. The van der Waals surface area contributed by atoms with E-state index >= 15 is 0 Å². The first kappa shape index (κ1) is 11.6. The molecule has 0 atom stereocenters. The number of carbonyl (C=O) groups excluding carboxylic acids is 1. The van der Waals surface area contributed by atoms with Crippen molar-refractivity contribution >= 4 is 6.03 Å². The fraction of sp³-hybridized carbons (Fsp3) is 0.385. The molecular weight excluding hydrogens is 214 g/mol. The second-order valence-electron chi connectivity index (χ2n) is 4.35. The van der Waals surface area contributed by atoms with Crippen LogP contribution in [0.4, 0.5) is 4.79 Å². The molecule has 1 aromatic heterocycles. The van der Waals surface area contributed by atoms with Crippen LogP contribution in [0.1, 0.15) is 25.3 Å². The van der Waals surface area contributed by atoms with Crippen molar-refractivity contribution in [2.75, 3.05) is 0 Å². The highest BCUT2D eigenvalue weighted by Crippen LogP contribution is 2.35. The number of urea groups is 1. The lowest BCUT2D eigenvalue weighted by molar-refractivity contribution is 0.243. The van der Waals surface area contributed by atoms with Crippen LogP contribution in [0.5, 0.6) is 0 Å². The summed E-state index contributed by atoms with van der Waals surface area (Å²) < 4.78 is 0. The minimum atomic E-state index is -0.172. The number of hydrogen-bond acceptors (Lipinski definition) is 2. The largest absolute Gasteiger partial charge is 0.334 e. The summed E-state index contributed by atoms with van der Waals surface area (Å²) in [5.41, 5.74) is 2.24. The van der Waals surface area contributed by atoms with E-state index in [-0.39, 0.29) is 6.03 Å². The molecule has 4 heteroatoms. The summed E-state index contributed by atoms with van der Waals surface area (Å²) in [6.45, 7) is 2.55. The van der Waals surface area contributed by atoms with Crippen LogP contribution in [-0.4, -0.2) is 11.0 Å². The average molecular weight is 231 g/mol. The van der Waals surface area contributed by atoms with Gasteiger partial charge in [-0.05, 0) is 37.3 Å². The molecule has 17 heavy (non-hydrogen) atoms. The van der Waals surface area contributed by atoms with Crippen LogP contribution in [0.2, 0.25) is 0 Å². The molecule has 2 N–H and O–H groups in total. The van der Waals surface area contributed by atoms with Crippen molar-refractivity contribution in [3.63, 3.8) is 0 Å². The summed E-state index contributed by atoms with van der Waals surface area (Å²) >= 11 is 0. The second-order valence-corrected chi connectivity index (χ2v) is 4.35. The normalized spacial score (nSPS) is 15.5. The van der Waals surface area contributed by atoms with Crippen molar-refractivity contribution in [2.45, 2.75) is 26.3 Å². The lowest BCUT2D eigenvalue weighted by Gasteiger charge is -2.05. The predicted molar refractivity (Wildman–Crippen MR) is 66.1 cm³/mol. The number of allylic oxidation sites excluding steroid dienone is 1. The molecule has 4 nitrogen and oxygen atoms in total. The number of aromatic nitrogens is 1. The fourth-order valence-electron chi connectivity index (χ4n) is 1.57. The Labute approximate surface area is 101 Å². The van der Waals surface area contributed by atoms with Crippen molar-refractivity contribution in [2.24, 2.45) is 5.92 Å². The predicted octanol–water partition coefficient (Wildman–Crippen LogP) is 2.19.